The quantitative estimate of drug-likeness (QED) is 0.683. The third kappa shape index (κ3) is 4.65. The van der Waals surface area contributed by atoms with Crippen LogP contribution in [0.5, 0.6) is 0 Å². The second-order valence-corrected chi connectivity index (χ2v) is 6.67. The molecule has 0 aromatic heterocycles. The highest BCUT2D eigenvalue weighted by atomic mass is 16.3. The van der Waals surface area contributed by atoms with Gasteiger partial charge in [0.15, 0.2) is 5.84 Å². The fourth-order valence-corrected chi connectivity index (χ4v) is 2.77. The Kier molecular flexibility index (Phi) is 5.75. The van der Waals surface area contributed by atoms with Crippen molar-refractivity contribution in [1.29, 1.82) is 5.41 Å². The van der Waals surface area contributed by atoms with Crippen LogP contribution in [0.15, 0.2) is 64.7 Å². The zero-order valence-corrected chi connectivity index (χ0v) is 15.5. The molecule has 0 radical (unpaired) electrons. The van der Waals surface area contributed by atoms with Crippen LogP contribution in [0, 0.1) is 5.41 Å². The van der Waals surface area contributed by atoms with Crippen molar-refractivity contribution in [2.75, 3.05) is 20.6 Å². The van der Waals surface area contributed by atoms with Gasteiger partial charge in [-0.1, -0.05) is 42.5 Å². The molecule has 2 aromatic rings. The topological polar surface area (TPSA) is 101 Å². The van der Waals surface area contributed by atoms with Crippen LogP contribution in [0.4, 0.5) is 5.69 Å². The van der Waals surface area contributed by atoms with Gasteiger partial charge in [-0.25, -0.2) is 10.0 Å². The number of aliphatic imine (C=N–C) groups is 1. The van der Waals surface area contributed by atoms with Gasteiger partial charge in [0.1, 0.15) is 17.7 Å². The summed E-state index contributed by atoms with van der Waals surface area (Å²) in [6.07, 6.45) is -1.01. The molecule has 4 N–H and O–H groups in total. The molecule has 0 aliphatic carbocycles. The fourth-order valence-electron chi connectivity index (χ4n) is 2.77. The molecule has 7 nitrogen and oxygen atoms in total. The number of amidine groups is 1. The SMILES string of the molecule is CN(C)CC1=NN(Cc2ccccc2)C(=N)C1=Nc1ccc(C(N)O)cc1. The highest BCUT2D eigenvalue weighted by molar-refractivity contribution is 6.70. The number of nitrogens with two attached hydrogens (primary N) is 1. The maximum Gasteiger partial charge on any atom is 0.170 e. The van der Waals surface area contributed by atoms with Crippen molar-refractivity contribution < 1.29 is 5.11 Å². The largest absolute Gasteiger partial charge is 0.375 e. The first kappa shape index (κ1) is 18.9. The van der Waals surface area contributed by atoms with E-state index in [2.05, 4.69) is 10.1 Å². The molecule has 2 aromatic carbocycles. The molecule has 1 aliphatic rings. The molecule has 1 heterocycles. The molecule has 1 atom stereocenters. The van der Waals surface area contributed by atoms with E-state index in [1.54, 1.807) is 29.3 Å². The number of aliphatic hydroxyl groups is 1. The van der Waals surface area contributed by atoms with E-state index in [0.717, 1.165) is 11.3 Å². The molecule has 7 heteroatoms. The van der Waals surface area contributed by atoms with E-state index in [-0.39, 0.29) is 5.84 Å². The van der Waals surface area contributed by atoms with Crippen LogP contribution in [0.2, 0.25) is 0 Å². The Labute approximate surface area is 159 Å². The summed E-state index contributed by atoms with van der Waals surface area (Å²) in [6.45, 7) is 1.11. The van der Waals surface area contributed by atoms with Crippen LogP contribution < -0.4 is 5.73 Å². The van der Waals surface area contributed by atoms with Gasteiger partial charge in [0, 0.05) is 6.54 Å². The smallest absolute Gasteiger partial charge is 0.170 e. The average molecular weight is 364 g/mol. The molecule has 0 bridgehead atoms. The number of benzene rings is 2. The Morgan fingerprint density at radius 1 is 1.15 bits per heavy atom. The second-order valence-electron chi connectivity index (χ2n) is 6.67. The van der Waals surface area contributed by atoms with Crippen LogP contribution >= 0.6 is 0 Å². The van der Waals surface area contributed by atoms with Gasteiger partial charge in [0.05, 0.1) is 12.2 Å². The van der Waals surface area contributed by atoms with Crippen molar-refractivity contribution in [3.63, 3.8) is 0 Å². The highest BCUT2D eigenvalue weighted by Crippen LogP contribution is 2.20. The van der Waals surface area contributed by atoms with E-state index in [4.69, 9.17) is 11.1 Å². The molecular formula is C20H24N6O. The Morgan fingerprint density at radius 2 is 1.81 bits per heavy atom. The van der Waals surface area contributed by atoms with E-state index in [0.29, 0.717) is 30.1 Å². The molecule has 0 spiro atoms. The molecule has 3 rings (SSSR count). The van der Waals surface area contributed by atoms with Crippen molar-refractivity contribution >= 4 is 22.9 Å². The summed E-state index contributed by atoms with van der Waals surface area (Å²) in [5.41, 5.74) is 9.17. The summed E-state index contributed by atoms with van der Waals surface area (Å²) < 4.78 is 0. The number of hydrogen-bond acceptors (Lipinski definition) is 6. The van der Waals surface area contributed by atoms with Crippen LogP contribution in [-0.4, -0.2) is 52.9 Å². The lowest BCUT2D eigenvalue weighted by molar-refractivity contribution is 0.186. The van der Waals surface area contributed by atoms with Crippen molar-refractivity contribution in [2.45, 2.75) is 12.8 Å². The number of hydrazone groups is 1. The average Bonchev–Trinajstić information content (AvgIpc) is 2.91. The van der Waals surface area contributed by atoms with Gasteiger partial charge >= 0.3 is 0 Å². The summed E-state index contributed by atoms with van der Waals surface area (Å²) in [5, 5.41) is 24.3. The minimum atomic E-state index is -1.01. The minimum absolute atomic E-state index is 0.277. The van der Waals surface area contributed by atoms with Crippen LogP contribution in [0.25, 0.3) is 0 Å². The molecule has 1 aliphatic heterocycles. The third-order valence-corrected chi connectivity index (χ3v) is 4.11. The zero-order valence-electron chi connectivity index (χ0n) is 15.5. The molecule has 0 amide bonds. The van der Waals surface area contributed by atoms with Gasteiger partial charge in [0.2, 0.25) is 0 Å². The van der Waals surface area contributed by atoms with Gasteiger partial charge in [-0.3, -0.25) is 5.41 Å². The van der Waals surface area contributed by atoms with E-state index in [1.165, 1.54) is 0 Å². The minimum Gasteiger partial charge on any atom is -0.375 e. The van der Waals surface area contributed by atoms with Gasteiger partial charge in [-0.2, -0.15) is 5.10 Å². The normalized spacial score (nSPS) is 16.9. The molecule has 0 saturated carbocycles. The van der Waals surface area contributed by atoms with Crippen LogP contribution in [-0.2, 0) is 6.54 Å². The molecule has 1 unspecified atom stereocenters. The molecule has 27 heavy (non-hydrogen) atoms. The Morgan fingerprint density at radius 3 is 2.41 bits per heavy atom. The van der Waals surface area contributed by atoms with Gasteiger partial charge in [-0.15, -0.1) is 0 Å². The van der Waals surface area contributed by atoms with Crippen molar-refractivity contribution in [1.82, 2.24) is 9.91 Å². The molecule has 140 valence electrons. The lowest BCUT2D eigenvalue weighted by Gasteiger charge is -2.13. The summed E-state index contributed by atoms with van der Waals surface area (Å²) >= 11 is 0. The van der Waals surface area contributed by atoms with E-state index in [1.807, 2.05) is 49.3 Å². The van der Waals surface area contributed by atoms with Crippen molar-refractivity contribution in [2.24, 2.45) is 15.8 Å². The Hall–Kier alpha value is -2.87. The standard InChI is InChI=1S/C20H24N6O/c1-25(2)13-17-18(23-16-10-8-15(9-11-16)20(22)27)19(21)26(24-17)12-14-6-4-3-5-7-14/h3-11,20-21,27H,12-13,22H2,1-2H3. The maximum atomic E-state index is 9.43. The number of aliphatic hydroxyl groups excluding tert-OH is 1. The number of rotatable bonds is 6. The first-order chi connectivity index (χ1) is 12.9. The first-order valence-corrected chi connectivity index (χ1v) is 8.69. The van der Waals surface area contributed by atoms with E-state index >= 15 is 0 Å². The maximum absolute atomic E-state index is 9.43. The highest BCUT2D eigenvalue weighted by Gasteiger charge is 2.28. The summed E-state index contributed by atoms with van der Waals surface area (Å²) in [6, 6.07) is 17.0. The molecule has 0 fully saturated rings. The molecular weight excluding hydrogens is 340 g/mol. The lowest BCUT2D eigenvalue weighted by Crippen LogP contribution is -2.30. The third-order valence-electron chi connectivity index (χ3n) is 4.11. The lowest BCUT2D eigenvalue weighted by atomic mass is 10.1. The van der Waals surface area contributed by atoms with Crippen LogP contribution in [0.3, 0.4) is 0 Å². The van der Waals surface area contributed by atoms with Crippen molar-refractivity contribution in [3.8, 4) is 0 Å². The monoisotopic (exact) mass is 364 g/mol. The summed E-state index contributed by atoms with van der Waals surface area (Å²) in [5.74, 6) is 0.277. The zero-order chi connectivity index (χ0) is 19.4. The van der Waals surface area contributed by atoms with Gasteiger partial charge in [-0.05, 0) is 37.4 Å². The Bertz CT molecular complexity index is 856. The Balaban J connectivity index is 1.88. The van der Waals surface area contributed by atoms with Crippen molar-refractivity contribution in [3.05, 3.63) is 65.7 Å². The summed E-state index contributed by atoms with van der Waals surface area (Å²) in [4.78, 5) is 6.64. The van der Waals surface area contributed by atoms with Gasteiger partial charge < -0.3 is 15.7 Å². The number of hydrogen-bond donors (Lipinski definition) is 3. The predicted molar refractivity (Wildman–Crippen MR) is 108 cm³/mol. The molecule has 0 saturated heterocycles. The van der Waals surface area contributed by atoms with E-state index in [9.17, 15) is 5.11 Å². The second kappa shape index (κ2) is 8.22. The predicted octanol–water partition coefficient (Wildman–Crippen LogP) is 2.12. The first-order valence-electron chi connectivity index (χ1n) is 8.69. The number of nitrogens with zero attached hydrogens (tertiary/aromatic N) is 4. The van der Waals surface area contributed by atoms with E-state index < -0.39 is 6.23 Å². The summed E-state index contributed by atoms with van der Waals surface area (Å²) in [7, 11) is 3.92. The number of nitrogens with one attached hydrogen (secondary N) is 1. The fraction of sp³-hybridized carbons (Fsp3) is 0.250. The van der Waals surface area contributed by atoms with Crippen LogP contribution in [0.1, 0.15) is 17.4 Å². The van der Waals surface area contributed by atoms with Gasteiger partial charge in [0.25, 0.3) is 0 Å².